The lowest BCUT2D eigenvalue weighted by Crippen LogP contribution is -2.48. The van der Waals surface area contributed by atoms with Crippen molar-refractivity contribution in [1.29, 1.82) is 0 Å². The van der Waals surface area contributed by atoms with Crippen LogP contribution >= 0.6 is 23.5 Å². The summed E-state index contributed by atoms with van der Waals surface area (Å²) in [6.45, 7) is 8.53. The van der Waals surface area contributed by atoms with Crippen LogP contribution in [-0.4, -0.2) is 47.2 Å². The van der Waals surface area contributed by atoms with Crippen molar-refractivity contribution in [2.45, 2.75) is 90.3 Å². The SMILES string of the molecule is CCC(CC)(OC(=O)CSC)C1CCC(C(CC)(CC)OC(=O)CSC)CC1. The van der Waals surface area contributed by atoms with Gasteiger partial charge in [-0.15, -0.1) is 0 Å². The Labute approximate surface area is 180 Å². The van der Waals surface area contributed by atoms with Crippen molar-refractivity contribution in [2.24, 2.45) is 11.8 Å². The fraction of sp³-hybridized carbons (Fsp3) is 0.909. The number of hydrogen-bond donors (Lipinski definition) is 0. The van der Waals surface area contributed by atoms with Crippen molar-refractivity contribution in [2.75, 3.05) is 24.0 Å². The monoisotopic (exact) mass is 432 g/mol. The van der Waals surface area contributed by atoms with Crippen LogP contribution in [0.15, 0.2) is 0 Å². The average molecular weight is 433 g/mol. The van der Waals surface area contributed by atoms with Gasteiger partial charge in [-0.25, -0.2) is 0 Å². The second-order valence-electron chi connectivity index (χ2n) is 7.91. The van der Waals surface area contributed by atoms with E-state index in [0.29, 0.717) is 23.3 Å². The third kappa shape index (κ3) is 6.32. The minimum absolute atomic E-state index is 0.0965. The van der Waals surface area contributed by atoms with E-state index in [1.54, 1.807) is 0 Å². The molecule has 0 amide bonds. The van der Waals surface area contributed by atoms with E-state index in [2.05, 4.69) is 27.7 Å². The van der Waals surface area contributed by atoms with Gasteiger partial charge in [0.15, 0.2) is 0 Å². The topological polar surface area (TPSA) is 52.6 Å². The summed E-state index contributed by atoms with van der Waals surface area (Å²) in [5, 5.41) is 0. The van der Waals surface area contributed by atoms with Crippen molar-refractivity contribution >= 4 is 35.5 Å². The molecule has 0 radical (unpaired) electrons. The van der Waals surface area contributed by atoms with Crippen LogP contribution in [0.2, 0.25) is 0 Å². The lowest BCUT2D eigenvalue weighted by Gasteiger charge is -2.47. The summed E-state index contributed by atoms with van der Waals surface area (Å²) in [4.78, 5) is 24.4. The number of carbonyl (C=O) groups excluding carboxylic acids is 2. The maximum atomic E-state index is 12.2. The quantitative estimate of drug-likeness (QED) is 0.367. The zero-order valence-electron chi connectivity index (χ0n) is 18.7. The zero-order chi connectivity index (χ0) is 21.2. The van der Waals surface area contributed by atoms with E-state index in [0.717, 1.165) is 51.4 Å². The molecule has 0 spiro atoms. The number of thioether (sulfide) groups is 2. The molecule has 1 rings (SSSR count). The van der Waals surface area contributed by atoms with Gasteiger partial charge in [0.05, 0.1) is 11.5 Å². The Morgan fingerprint density at radius 1 is 0.714 bits per heavy atom. The minimum Gasteiger partial charge on any atom is -0.458 e. The summed E-state index contributed by atoms with van der Waals surface area (Å²) in [6, 6.07) is 0. The van der Waals surface area contributed by atoms with Gasteiger partial charge in [0, 0.05) is 0 Å². The van der Waals surface area contributed by atoms with Crippen molar-refractivity contribution in [1.82, 2.24) is 0 Å². The summed E-state index contributed by atoms with van der Waals surface area (Å²) in [7, 11) is 0. The van der Waals surface area contributed by atoms with Gasteiger partial charge in [-0.05, 0) is 75.7 Å². The first-order valence-electron chi connectivity index (χ1n) is 10.8. The number of hydrogen-bond acceptors (Lipinski definition) is 6. The Bertz CT molecular complexity index is 435. The molecule has 0 bridgehead atoms. The molecule has 1 aliphatic rings. The molecule has 4 nitrogen and oxygen atoms in total. The lowest BCUT2D eigenvalue weighted by atomic mass is 9.66. The van der Waals surface area contributed by atoms with Crippen molar-refractivity contribution < 1.29 is 19.1 Å². The average Bonchev–Trinajstić information content (AvgIpc) is 2.71. The standard InChI is InChI=1S/C22H40O4S2/c1-7-21(8-2,25-19(23)15-27-5)17-11-13-18(14-12-17)22(9-3,10-4)26-20(24)16-28-6/h17-18H,7-16H2,1-6H3. The molecule has 0 aromatic rings. The van der Waals surface area contributed by atoms with E-state index in [1.807, 2.05) is 12.5 Å². The molecule has 1 aliphatic carbocycles. The molecule has 0 aliphatic heterocycles. The molecule has 0 unspecified atom stereocenters. The van der Waals surface area contributed by atoms with Gasteiger partial charge < -0.3 is 9.47 Å². The summed E-state index contributed by atoms with van der Waals surface area (Å²) < 4.78 is 12.1. The van der Waals surface area contributed by atoms with E-state index in [-0.39, 0.29) is 23.1 Å². The summed E-state index contributed by atoms with van der Waals surface area (Å²) in [6.07, 6.45) is 11.4. The van der Waals surface area contributed by atoms with Gasteiger partial charge in [-0.3, -0.25) is 9.59 Å². The number of esters is 2. The van der Waals surface area contributed by atoms with E-state index < -0.39 is 0 Å². The summed E-state index contributed by atoms with van der Waals surface area (Å²) in [5.74, 6) is 1.41. The first kappa shape index (κ1) is 25.7. The van der Waals surface area contributed by atoms with Crippen LogP contribution in [0.1, 0.15) is 79.1 Å². The van der Waals surface area contributed by atoms with E-state index in [1.165, 1.54) is 23.5 Å². The molecule has 1 saturated carbocycles. The Kier molecular flexibility index (Phi) is 11.3. The molecule has 0 heterocycles. The van der Waals surface area contributed by atoms with Gasteiger partial charge in [0.1, 0.15) is 11.2 Å². The number of carbonyl (C=O) groups is 2. The minimum atomic E-state index is -0.353. The van der Waals surface area contributed by atoms with Crippen LogP contribution in [-0.2, 0) is 19.1 Å². The molecule has 6 heteroatoms. The molecule has 164 valence electrons. The molecular formula is C22H40O4S2. The first-order chi connectivity index (χ1) is 13.4. The fourth-order valence-electron chi connectivity index (χ4n) is 5.00. The van der Waals surface area contributed by atoms with E-state index in [9.17, 15) is 9.59 Å². The normalized spacial score (nSPS) is 20.6. The highest BCUT2D eigenvalue weighted by molar-refractivity contribution is 7.99. The lowest BCUT2D eigenvalue weighted by molar-refractivity contribution is -0.175. The van der Waals surface area contributed by atoms with Gasteiger partial charge in [0.25, 0.3) is 0 Å². The second kappa shape index (κ2) is 12.4. The van der Waals surface area contributed by atoms with Crippen LogP contribution in [0, 0.1) is 11.8 Å². The van der Waals surface area contributed by atoms with Crippen molar-refractivity contribution in [3.63, 3.8) is 0 Å². The van der Waals surface area contributed by atoms with Gasteiger partial charge in [0.2, 0.25) is 0 Å². The highest BCUT2D eigenvalue weighted by Gasteiger charge is 2.46. The first-order valence-corrected chi connectivity index (χ1v) is 13.6. The Balaban J connectivity index is 2.86. The third-order valence-corrected chi connectivity index (χ3v) is 7.82. The van der Waals surface area contributed by atoms with Crippen LogP contribution in [0.4, 0.5) is 0 Å². The molecule has 0 aromatic heterocycles. The Morgan fingerprint density at radius 3 is 1.21 bits per heavy atom. The summed E-state index contributed by atoms with van der Waals surface area (Å²) >= 11 is 3.03. The molecular weight excluding hydrogens is 392 g/mol. The predicted molar refractivity (Wildman–Crippen MR) is 121 cm³/mol. The largest absolute Gasteiger partial charge is 0.458 e. The smallest absolute Gasteiger partial charge is 0.316 e. The number of ether oxygens (including phenoxy) is 2. The zero-order valence-corrected chi connectivity index (χ0v) is 20.3. The van der Waals surface area contributed by atoms with Gasteiger partial charge >= 0.3 is 11.9 Å². The van der Waals surface area contributed by atoms with E-state index in [4.69, 9.17) is 9.47 Å². The molecule has 0 atom stereocenters. The van der Waals surface area contributed by atoms with Crippen LogP contribution < -0.4 is 0 Å². The van der Waals surface area contributed by atoms with Crippen molar-refractivity contribution in [3.05, 3.63) is 0 Å². The Hall–Kier alpha value is -0.360. The number of rotatable bonds is 12. The molecule has 28 heavy (non-hydrogen) atoms. The Morgan fingerprint density at radius 2 is 1.00 bits per heavy atom. The van der Waals surface area contributed by atoms with Crippen LogP contribution in [0.3, 0.4) is 0 Å². The third-order valence-electron chi connectivity index (χ3n) is 6.77. The van der Waals surface area contributed by atoms with Crippen LogP contribution in [0.5, 0.6) is 0 Å². The molecule has 0 saturated heterocycles. The highest BCUT2D eigenvalue weighted by Crippen LogP contribution is 2.46. The fourth-order valence-corrected chi connectivity index (χ4v) is 5.59. The van der Waals surface area contributed by atoms with Gasteiger partial charge in [-0.2, -0.15) is 23.5 Å². The molecule has 0 aromatic carbocycles. The molecule has 1 fully saturated rings. The van der Waals surface area contributed by atoms with Crippen molar-refractivity contribution in [3.8, 4) is 0 Å². The van der Waals surface area contributed by atoms with Gasteiger partial charge in [-0.1, -0.05) is 27.7 Å². The predicted octanol–water partition coefficient (Wildman–Crippen LogP) is 5.72. The summed E-state index contributed by atoms with van der Waals surface area (Å²) in [5.41, 5.74) is -0.706. The second-order valence-corrected chi connectivity index (χ2v) is 9.64. The maximum absolute atomic E-state index is 12.2. The van der Waals surface area contributed by atoms with E-state index >= 15 is 0 Å². The maximum Gasteiger partial charge on any atom is 0.316 e. The van der Waals surface area contributed by atoms with Crippen LogP contribution in [0.25, 0.3) is 0 Å². The molecule has 0 N–H and O–H groups in total. The highest BCUT2D eigenvalue weighted by atomic mass is 32.2.